The number of anilines is 2. The highest BCUT2D eigenvalue weighted by atomic mass is 16.5. The molecule has 0 saturated heterocycles. The Bertz CT molecular complexity index is 611. The fraction of sp³-hybridized carbons (Fsp3) is 0.267. The first-order valence-electron chi connectivity index (χ1n) is 6.64. The second-order valence-corrected chi connectivity index (χ2v) is 4.79. The van der Waals surface area contributed by atoms with Gasteiger partial charge in [-0.1, -0.05) is 6.07 Å². The minimum Gasteiger partial charge on any atom is -0.497 e. The highest BCUT2D eigenvalue weighted by Crippen LogP contribution is 2.17. The van der Waals surface area contributed by atoms with Crippen LogP contribution >= 0.6 is 0 Å². The minimum absolute atomic E-state index is 0.257. The third-order valence-corrected chi connectivity index (χ3v) is 2.66. The van der Waals surface area contributed by atoms with E-state index in [9.17, 15) is 4.79 Å². The van der Waals surface area contributed by atoms with Crippen LogP contribution in [0.25, 0.3) is 0 Å². The molecular formula is C15H18N4O2. The molecule has 0 fully saturated rings. The summed E-state index contributed by atoms with van der Waals surface area (Å²) in [5, 5.41) is 13.7. The average Bonchev–Trinajstić information content (AvgIpc) is 2.47. The molecule has 0 bridgehead atoms. The van der Waals surface area contributed by atoms with Crippen molar-refractivity contribution in [2.24, 2.45) is 0 Å². The summed E-state index contributed by atoms with van der Waals surface area (Å²) in [4.78, 5) is 12.1. The van der Waals surface area contributed by atoms with E-state index in [0.29, 0.717) is 17.3 Å². The lowest BCUT2D eigenvalue weighted by atomic mass is 10.3. The van der Waals surface area contributed by atoms with E-state index in [0.717, 1.165) is 0 Å². The fourth-order valence-electron chi connectivity index (χ4n) is 1.72. The Morgan fingerprint density at radius 2 is 2.00 bits per heavy atom. The molecule has 2 aromatic rings. The van der Waals surface area contributed by atoms with Crippen LogP contribution in [-0.4, -0.2) is 29.3 Å². The van der Waals surface area contributed by atoms with Gasteiger partial charge in [0.2, 0.25) is 0 Å². The number of benzene rings is 1. The van der Waals surface area contributed by atoms with Gasteiger partial charge >= 0.3 is 0 Å². The zero-order valence-corrected chi connectivity index (χ0v) is 12.3. The molecule has 0 aliphatic heterocycles. The number of aromatic nitrogens is 2. The lowest BCUT2D eigenvalue weighted by Gasteiger charge is -2.09. The lowest BCUT2D eigenvalue weighted by Crippen LogP contribution is -2.16. The maximum atomic E-state index is 12.1. The predicted octanol–water partition coefficient (Wildman–Crippen LogP) is 2.56. The molecule has 110 valence electrons. The minimum atomic E-state index is -0.313. The van der Waals surface area contributed by atoms with Crippen LogP contribution in [0.1, 0.15) is 24.3 Å². The standard InChI is InChI=1S/C15H18N4O2/c1-10(2)16-14-8-7-13(18-19-14)15(20)17-11-5-4-6-12(9-11)21-3/h4-10H,1-3H3,(H,16,19)(H,17,20). The molecule has 1 heterocycles. The zero-order chi connectivity index (χ0) is 15.2. The first-order valence-corrected chi connectivity index (χ1v) is 6.64. The van der Waals surface area contributed by atoms with Gasteiger partial charge in [0.05, 0.1) is 7.11 Å². The Labute approximate surface area is 123 Å². The molecule has 0 atom stereocenters. The molecule has 2 N–H and O–H groups in total. The van der Waals surface area contributed by atoms with E-state index in [1.807, 2.05) is 19.9 Å². The molecule has 0 radical (unpaired) electrons. The molecule has 1 amide bonds. The third-order valence-electron chi connectivity index (χ3n) is 2.66. The third kappa shape index (κ3) is 4.17. The van der Waals surface area contributed by atoms with Crippen molar-refractivity contribution >= 4 is 17.4 Å². The van der Waals surface area contributed by atoms with Gasteiger partial charge in [0, 0.05) is 17.8 Å². The van der Waals surface area contributed by atoms with Crippen molar-refractivity contribution in [2.75, 3.05) is 17.7 Å². The molecule has 2 rings (SSSR count). The van der Waals surface area contributed by atoms with Crippen molar-refractivity contribution in [1.29, 1.82) is 0 Å². The predicted molar refractivity (Wildman–Crippen MR) is 81.7 cm³/mol. The maximum absolute atomic E-state index is 12.1. The zero-order valence-electron chi connectivity index (χ0n) is 12.3. The van der Waals surface area contributed by atoms with Crippen LogP contribution < -0.4 is 15.4 Å². The van der Waals surface area contributed by atoms with Crippen molar-refractivity contribution < 1.29 is 9.53 Å². The maximum Gasteiger partial charge on any atom is 0.276 e. The Balaban J connectivity index is 2.05. The lowest BCUT2D eigenvalue weighted by molar-refractivity contribution is 0.102. The number of methoxy groups -OCH3 is 1. The molecular weight excluding hydrogens is 268 g/mol. The summed E-state index contributed by atoms with van der Waals surface area (Å²) in [6.45, 7) is 4.01. The molecule has 6 nitrogen and oxygen atoms in total. The summed E-state index contributed by atoms with van der Waals surface area (Å²) in [7, 11) is 1.58. The van der Waals surface area contributed by atoms with E-state index in [2.05, 4.69) is 20.8 Å². The Kier molecular flexibility index (Phi) is 4.71. The van der Waals surface area contributed by atoms with E-state index >= 15 is 0 Å². The first kappa shape index (κ1) is 14.8. The van der Waals surface area contributed by atoms with Crippen LogP contribution in [0.5, 0.6) is 5.75 Å². The van der Waals surface area contributed by atoms with Crippen LogP contribution in [0.4, 0.5) is 11.5 Å². The van der Waals surface area contributed by atoms with Crippen LogP contribution in [-0.2, 0) is 0 Å². The van der Waals surface area contributed by atoms with Gasteiger partial charge < -0.3 is 15.4 Å². The van der Waals surface area contributed by atoms with Gasteiger partial charge in [0.15, 0.2) is 5.69 Å². The van der Waals surface area contributed by atoms with Gasteiger partial charge in [0.1, 0.15) is 11.6 Å². The quantitative estimate of drug-likeness (QED) is 0.883. The average molecular weight is 286 g/mol. The Morgan fingerprint density at radius 1 is 1.19 bits per heavy atom. The number of rotatable bonds is 5. The molecule has 6 heteroatoms. The monoisotopic (exact) mass is 286 g/mol. The van der Waals surface area contributed by atoms with E-state index in [-0.39, 0.29) is 17.6 Å². The van der Waals surface area contributed by atoms with E-state index in [1.165, 1.54) is 0 Å². The molecule has 0 saturated carbocycles. The highest BCUT2D eigenvalue weighted by molar-refractivity contribution is 6.02. The van der Waals surface area contributed by atoms with Crippen LogP contribution in [0, 0.1) is 0 Å². The second-order valence-electron chi connectivity index (χ2n) is 4.79. The first-order chi connectivity index (χ1) is 10.1. The van der Waals surface area contributed by atoms with Crippen molar-refractivity contribution in [3.63, 3.8) is 0 Å². The van der Waals surface area contributed by atoms with Crippen LogP contribution in [0.15, 0.2) is 36.4 Å². The highest BCUT2D eigenvalue weighted by Gasteiger charge is 2.09. The molecule has 1 aromatic heterocycles. The van der Waals surface area contributed by atoms with Gasteiger partial charge in [-0.25, -0.2) is 0 Å². The van der Waals surface area contributed by atoms with Gasteiger partial charge in [-0.05, 0) is 38.1 Å². The van der Waals surface area contributed by atoms with Crippen LogP contribution in [0.2, 0.25) is 0 Å². The number of hydrogen-bond acceptors (Lipinski definition) is 5. The summed E-state index contributed by atoms with van der Waals surface area (Å²) in [5.41, 5.74) is 0.901. The number of carbonyl (C=O) groups is 1. The van der Waals surface area contributed by atoms with Crippen molar-refractivity contribution in [3.8, 4) is 5.75 Å². The van der Waals surface area contributed by atoms with Crippen LogP contribution in [0.3, 0.4) is 0 Å². The molecule has 0 spiro atoms. The summed E-state index contributed by atoms with van der Waals surface area (Å²) >= 11 is 0. The normalized spacial score (nSPS) is 10.3. The van der Waals surface area contributed by atoms with Crippen molar-refractivity contribution in [1.82, 2.24) is 10.2 Å². The summed E-state index contributed by atoms with van der Waals surface area (Å²) in [5.74, 6) is 1.00. The Morgan fingerprint density at radius 3 is 2.62 bits per heavy atom. The van der Waals surface area contributed by atoms with Gasteiger partial charge in [-0.3, -0.25) is 4.79 Å². The number of nitrogens with one attached hydrogen (secondary N) is 2. The van der Waals surface area contributed by atoms with Gasteiger partial charge in [-0.2, -0.15) is 0 Å². The molecule has 0 aliphatic rings. The number of carbonyl (C=O) groups excluding carboxylic acids is 1. The summed E-state index contributed by atoms with van der Waals surface area (Å²) < 4.78 is 5.11. The Hall–Kier alpha value is -2.63. The molecule has 0 aliphatic carbocycles. The SMILES string of the molecule is COc1cccc(NC(=O)c2ccc(NC(C)C)nn2)c1. The number of hydrogen-bond donors (Lipinski definition) is 2. The number of nitrogens with zero attached hydrogens (tertiary/aromatic N) is 2. The second kappa shape index (κ2) is 6.69. The molecule has 1 aromatic carbocycles. The van der Waals surface area contributed by atoms with Gasteiger partial charge in [-0.15, -0.1) is 10.2 Å². The largest absolute Gasteiger partial charge is 0.497 e. The summed E-state index contributed by atoms with van der Waals surface area (Å²) in [6.07, 6.45) is 0. The number of ether oxygens (including phenoxy) is 1. The topological polar surface area (TPSA) is 76.1 Å². The summed E-state index contributed by atoms with van der Waals surface area (Å²) in [6, 6.07) is 10.7. The number of amides is 1. The van der Waals surface area contributed by atoms with E-state index in [4.69, 9.17) is 4.74 Å². The van der Waals surface area contributed by atoms with Crippen molar-refractivity contribution in [2.45, 2.75) is 19.9 Å². The molecule has 0 unspecified atom stereocenters. The van der Waals surface area contributed by atoms with Gasteiger partial charge in [0.25, 0.3) is 5.91 Å². The smallest absolute Gasteiger partial charge is 0.276 e. The van der Waals surface area contributed by atoms with E-state index < -0.39 is 0 Å². The van der Waals surface area contributed by atoms with E-state index in [1.54, 1.807) is 37.4 Å². The molecule has 21 heavy (non-hydrogen) atoms. The van der Waals surface area contributed by atoms with Crippen molar-refractivity contribution in [3.05, 3.63) is 42.1 Å². The fourth-order valence-corrected chi connectivity index (χ4v) is 1.72.